The summed E-state index contributed by atoms with van der Waals surface area (Å²) in [4.78, 5) is 11.4. The second kappa shape index (κ2) is 5.38. The Morgan fingerprint density at radius 2 is 1.89 bits per heavy atom. The fraction of sp³-hybridized carbons (Fsp3) is 0.417. The van der Waals surface area contributed by atoms with E-state index in [4.69, 9.17) is 15.4 Å². The highest BCUT2D eigenvalue weighted by Gasteiger charge is 2.22. The second-order valence-electron chi connectivity index (χ2n) is 5.18. The van der Waals surface area contributed by atoms with Crippen molar-refractivity contribution in [2.45, 2.75) is 33.1 Å². The van der Waals surface area contributed by atoms with E-state index in [1.165, 1.54) is 4.72 Å². The minimum absolute atomic E-state index is 0.249. The van der Waals surface area contributed by atoms with Gasteiger partial charge in [-0.05, 0) is 18.4 Å². The molecule has 1 N–H and O–H groups in total. The molecule has 1 aromatic carbocycles. The zero-order chi connectivity index (χ0) is 14.8. The van der Waals surface area contributed by atoms with Crippen LogP contribution >= 0.6 is 10.7 Å². The lowest BCUT2D eigenvalue weighted by atomic mass is 9.85. The first-order chi connectivity index (χ1) is 8.49. The minimum Gasteiger partial charge on any atom is -0.409 e. The fourth-order valence-electron chi connectivity index (χ4n) is 1.54. The van der Waals surface area contributed by atoms with Crippen molar-refractivity contribution in [3.63, 3.8) is 0 Å². The smallest absolute Gasteiger partial charge is 0.409 e. The van der Waals surface area contributed by atoms with E-state index in [1.54, 1.807) is 12.1 Å². The maximum Gasteiger partial charge on any atom is 0.427 e. The lowest BCUT2D eigenvalue weighted by Crippen LogP contribution is -2.30. The topological polar surface area (TPSA) is 72.5 Å². The molecule has 1 aromatic rings. The number of aryl methyl sites for hydroxylation is 1. The molecular formula is C12H16ClNO4S. The van der Waals surface area contributed by atoms with Gasteiger partial charge in [0.05, 0.1) is 0 Å². The number of amides is 1. The third-order valence-electron chi connectivity index (χ3n) is 2.35. The van der Waals surface area contributed by atoms with E-state index < -0.39 is 15.3 Å². The van der Waals surface area contributed by atoms with Crippen molar-refractivity contribution in [3.8, 4) is 5.75 Å². The first-order valence-corrected chi connectivity index (χ1v) is 7.85. The Kier molecular flexibility index (Phi) is 4.47. The van der Waals surface area contributed by atoms with Gasteiger partial charge in [0.15, 0.2) is 0 Å². The van der Waals surface area contributed by atoms with Crippen LogP contribution < -0.4 is 9.46 Å². The van der Waals surface area contributed by atoms with Gasteiger partial charge in [-0.2, -0.15) is 8.42 Å². The van der Waals surface area contributed by atoms with Crippen LogP contribution in [0.4, 0.5) is 4.79 Å². The van der Waals surface area contributed by atoms with Crippen molar-refractivity contribution in [2.24, 2.45) is 0 Å². The second-order valence-corrected chi connectivity index (χ2v) is 7.48. The zero-order valence-corrected chi connectivity index (χ0v) is 12.7. The van der Waals surface area contributed by atoms with Gasteiger partial charge >= 0.3 is 15.3 Å². The van der Waals surface area contributed by atoms with E-state index in [9.17, 15) is 13.2 Å². The van der Waals surface area contributed by atoms with Crippen LogP contribution in [-0.4, -0.2) is 14.5 Å². The van der Waals surface area contributed by atoms with E-state index in [2.05, 4.69) is 0 Å². The standard InChI is InChI=1S/C12H16ClNO4S/c1-8-5-6-10(9(7-8)12(2,3)4)18-11(15)14-19(13,16)17/h5-7H,1-4H3,(H,14,15). The molecule has 1 rings (SSSR count). The summed E-state index contributed by atoms with van der Waals surface area (Å²) in [6.45, 7) is 7.81. The summed E-state index contributed by atoms with van der Waals surface area (Å²) >= 11 is 0. The molecule has 106 valence electrons. The monoisotopic (exact) mass is 305 g/mol. The van der Waals surface area contributed by atoms with Crippen molar-refractivity contribution in [1.82, 2.24) is 4.72 Å². The molecule has 5 nitrogen and oxygen atoms in total. The first-order valence-electron chi connectivity index (χ1n) is 5.54. The van der Waals surface area contributed by atoms with Gasteiger partial charge < -0.3 is 4.74 Å². The molecule has 0 spiro atoms. The van der Waals surface area contributed by atoms with Gasteiger partial charge in [-0.15, -0.1) is 0 Å². The number of halogens is 1. The Morgan fingerprint density at radius 3 is 2.37 bits per heavy atom. The van der Waals surface area contributed by atoms with Crippen LogP contribution in [0.2, 0.25) is 0 Å². The van der Waals surface area contributed by atoms with Crippen LogP contribution in [0, 0.1) is 6.92 Å². The molecule has 0 aliphatic heterocycles. The van der Waals surface area contributed by atoms with Crippen molar-refractivity contribution in [1.29, 1.82) is 0 Å². The Bertz CT molecular complexity index is 590. The average molecular weight is 306 g/mol. The molecule has 0 aliphatic carbocycles. The molecule has 0 unspecified atom stereocenters. The van der Waals surface area contributed by atoms with E-state index in [-0.39, 0.29) is 5.41 Å². The molecule has 0 heterocycles. The van der Waals surface area contributed by atoms with Gasteiger partial charge in [0.1, 0.15) is 5.75 Å². The predicted octanol–water partition coefficient (Wildman–Crippen LogP) is 2.86. The SMILES string of the molecule is Cc1ccc(OC(=O)NS(=O)(=O)Cl)c(C(C)(C)C)c1. The summed E-state index contributed by atoms with van der Waals surface area (Å²) in [5, 5.41) is 0. The molecule has 0 atom stereocenters. The van der Waals surface area contributed by atoms with Crippen LogP contribution in [0.15, 0.2) is 18.2 Å². The summed E-state index contributed by atoms with van der Waals surface area (Å²) in [5.74, 6) is 0.302. The summed E-state index contributed by atoms with van der Waals surface area (Å²) < 4.78 is 28.0. The lowest BCUT2D eigenvalue weighted by Gasteiger charge is -2.22. The summed E-state index contributed by atoms with van der Waals surface area (Å²) in [6.07, 6.45) is -1.13. The lowest BCUT2D eigenvalue weighted by molar-refractivity contribution is 0.206. The summed E-state index contributed by atoms with van der Waals surface area (Å²) in [5.41, 5.74) is 1.57. The Balaban J connectivity index is 3.05. The van der Waals surface area contributed by atoms with Gasteiger partial charge in [0.25, 0.3) is 0 Å². The van der Waals surface area contributed by atoms with Crippen molar-refractivity contribution in [2.75, 3.05) is 0 Å². The maximum atomic E-state index is 11.4. The van der Waals surface area contributed by atoms with E-state index >= 15 is 0 Å². The predicted molar refractivity (Wildman–Crippen MR) is 73.8 cm³/mol. The molecule has 0 fully saturated rings. The Hall–Kier alpha value is -1.27. The van der Waals surface area contributed by atoms with Gasteiger partial charge in [-0.3, -0.25) is 0 Å². The molecule has 0 bridgehead atoms. The van der Waals surface area contributed by atoms with E-state index in [1.807, 2.05) is 33.8 Å². The highest BCUT2D eigenvalue weighted by molar-refractivity contribution is 8.12. The highest BCUT2D eigenvalue weighted by atomic mass is 35.7. The normalized spacial score (nSPS) is 12.1. The van der Waals surface area contributed by atoms with E-state index in [0.717, 1.165) is 11.1 Å². The highest BCUT2D eigenvalue weighted by Crippen LogP contribution is 2.32. The number of carbonyl (C=O) groups excluding carboxylic acids is 1. The van der Waals surface area contributed by atoms with Gasteiger partial charge in [0, 0.05) is 16.2 Å². The number of hydrogen-bond donors (Lipinski definition) is 1. The fourth-order valence-corrected chi connectivity index (χ4v) is 1.97. The van der Waals surface area contributed by atoms with Crippen LogP contribution in [-0.2, 0) is 14.7 Å². The van der Waals surface area contributed by atoms with Gasteiger partial charge in [-0.25, -0.2) is 9.52 Å². The molecule has 7 heteroatoms. The van der Waals surface area contributed by atoms with Crippen LogP contribution in [0.1, 0.15) is 31.9 Å². The number of rotatable bonds is 2. The van der Waals surface area contributed by atoms with Crippen LogP contribution in [0.5, 0.6) is 5.75 Å². The third kappa shape index (κ3) is 5.08. The first kappa shape index (κ1) is 15.8. The van der Waals surface area contributed by atoms with Crippen molar-refractivity contribution >= 4 is 26.0 Å². The minimum atomic E-state index is -4.15. The quantitative estimate of drug-likeness (QED) is 0.853. The molecular weight excluding hydrogens is 290 g/mol. The van der Waals surface area contributed by atoms with Crippen LogP contribution in [0.25, 0.3) is 0 Å². The molecule has 1 amide bonds. The molecule has 0 saturated carbocycles. The molecule has 0 saturated heterocycles. The number of benzene rings is 1. The Labute approximate surface area is 117 Å². The number of carbonyl (C=O) groups is 1. The maximum absolute atomic E-state index is 11.4. The third-order valence-corrected chi connectivity index (χ3v) is 2.99. The number of ether oxygens (including phenoxy) is 1. The Morgan fingerprint density at radius 1 is 1.32 bits per heavy atom. The molecule has 0 radical (unpaired) electrons. The van der Waals surface area contributed by atoms with Crippen molar-refractivity contribution < 1.29 is 17.9 Å². The largest absolute Gasteiger partial charge is 0.427 e. The van der Waals surface area contributed by atoms with Crippen LogP contribution in [0.3, 0.4) is 0 Å². The zero-order valence-electron chi connectivity index (χ0n) is 11.2. The van der Waals surface area contributed by atoms with E-state index in [0.29, 0.717) is 5.75 Å². The number of nitrogens with one attached hydrogen (secondary N) is 1. The van der Waals surface area contributed by atoms with Gasteiger partial charge in [0.2, 0.25) is 0 Å². The molecule has 0 aromatic heterocycles. The summed E-state index contributed by atoms with van der Waals surface area (Å²) in [6, 6.07) is 5.28. The van der Waals surface area contributed by atoms with Gasteiger partial charge in [-0.1, -0.05) is 38.5 Å². The average Bonchev–Trinajstić information content (AvgIpc) is 2.16. The molecule has 19 heavy (non-hydrogen) atoms. The number of hydrogen-bond acceptors (Lipinski definition) is 4. The summed E-state index contributed by atoms with van der Waals surface area (Å²) in [7, 11) is 0.757. The molecule has 0 aliphatic rings. The van der Waals surface area contributed by atoms with Crippen molar-refractivity contribution in [3.05, 3.63) is 29.3 Å².